The number of carbonyl (C=O) groups excluding carboxylic acids is 2. The summed E-state index contributed by atoms with van der Waals surface area (Å²) in [4.78, 5) is 24.8. The number of para-hydroxylation sites is 1. The number of amides is 2. The highest BCUT2D eigenvalue weighted by molar-refractivity contribution is 5.77. The molecule has 0 aliphatic heterocycles. The van der Waals surface area contributed by atoms with Crippen molar-refractivity contribution >= 4 is 11.8 Å². The maximum atomic E-state index is 11.6. The lowest BCUT2D eigenvalue weighted by atomic mass is 10.3. The van der Waals surface area contributed by atoms with Crippen molar-refractivity contribution in [3.05, 3.63) is 30.3 Å². The number of hydrogen-bond donors (Lipinski definition) is 1. The fourth-order valence-electron chi connectivity index (χ4n) is 1.82. The highest BCUT2D eigenvalue weighted by atomic mass is 16.5. The smallest absolute Gasteiger partial charge is 0.258 e. The topological polar surface area (TPSA) is 58.6 Å². The largest absolute Gasteiger partial charge is 0.484 e. The SMILES string of the molecule is CCCCN(CCNC(=O)COc1ccccc1)C(C)=O. The second-order valence-corrected chi connectivity index (χ2v) is 4.81. The molecule has 2 amide bonds. The van der Waals surface area contributed by atoms with E-state index in [2.05, 4.69) is 12.2 Å². The molecule has 0 heterocycles. The van der Waals surface area contributed by atoms with Gasteiger partial charge in [-0.1, -0.05) is 31.5 Å². The summed E-state index contributed by atoms with van der Waals surface area (Å²) in [6, 6.07) is 9.20. The van der Waals surface area contributed by atoms with Crippen molar-refractivity contribution in [3.63, 3.8) is 0 Å². The third kappa shape index (κ3) is 7.34. The van der Waals surface area contributed by atoms with Crippen LogP contribution in [0.3, 0.4) is 0 Å². The molecular formula is C16H24N2O3. The molecular weight excluding hydrogens is 268 g/mol. The van der Waals surface area contributed by atoms with E-state index >= 15 is 0 Å². The fourth-order valence-corrected chi connectivity index (χ4v) is 1.82. The molecule has 1 N–H and O–H groups in total. The molecule has 0 atom stereocenters. The first-order chi connectivity index (χ1) is 10.1. The van der Waals surface area contributed by atoms with Crippen molar-refractivity contribution in [2.24, 2.45) is 0 Å². The van der Waals surface area contributed by atoms with Crippen molar-refractivity contribution in [2.45, 2.75) is 26.7 Å². The molecule has 0 aliphatic carbocycles. The zero-order valence-electron chi connectivity index (χ0n) is 12.8. The third-order valence-corrected chi connectivity index (χ3v) is 3.04. The third-order valence-electron chi connectivity index (χ3n) is 3.04. The van der Waals surface area contributed by atoms with E-state index in [1.807, 2.05) is 18.2 Å². The maximum Gasteiger partial charge on any atom is 0.258 e. The second-order valence-electron chi connectivity index (χ2n) is 4.81. The molecule has 5 nitrogen and oxygen atoms in total. The molecule has 116 valence electrons. The van der Waals surface area contributed by atoms with Gasteiger partial charge in [-0.2, -0.15) is 0 Å². The van der Waals surface area contributed by atoms with Gasteiger partial charge in [0.05, 0.1) is 0 Å². The molecule has 0 aliphatic rings. The zero-order chi connectivity index (χ0) is 15.5. The van der Waals surface area contributed by atoms with Crippen molar-refractivity contribution in [3.8, 4) is 5.75 Å². The Hall–Kier alpha value is -2.04. The normalized spacial score (nSPS) is 10.0. The van der Waals surface area contributed by atoms with Gasteiger partial charge in [0.25, 0.3) is 5.91 Å². The van der Waals surface area contributed by atoms with Crippen molar-refractivity contribution in [1.29, 1.82) is 0 Å². The van der Waals surface area contributed by atoms with Gasteiger partial charge in [-0.05, 0) is 18.6 Å². The zero-order valence-corrected chi connectivity index (χ0v) is 12.8. The van der Waals surface area contributed by atoms with E-state index in [1.165, 1.54) is 0 Å². The molecule has 1 aromatic rings. The first-order valence-electron chi connectivity index (χ1n) is 7.33. The van der Waals surface area contributed by atoms with Crippen LogP contribution in [0.1, 0.15) is 26.7 Å². The van der Waals surface area contributed by atoms with E-state index in [-0.39, 0.29) is 18.4 Å². The average Bonchev–Trinajstić information content (AvgIpc) is 2.49. The van der Waals surface area contributed by atoms with Crippen LogP contribution in [0.2, 0.25) is 0 Å². The Morgan fingerprint density at radius 2 is 1.90 bits per heavy atom. The van der Waals surface area contributed by atoms with Crippen LogP contribution in [-0.4, -0.2) is 43.0 Å². The summed E-state index contributed by atoms with van der Waals surface area (Å²) in [5, 5.41) is 2.76. The van der Waals surface area contributed by atoms with Gasteiger partial charge in [-0.25, -0.2) is 0 Å². The number of nitrogens with zero attached hydrogens (tertiary/aromatic N) is 1. The number of rotatable bonds is 9. The fraction of sp³-hybridized carbons (Fsp3) is 0.500. The lowest BCUT2D eigenvalue weighted by molar-refractivity contribution is -0.129. The van der Waals surface area contributed by atoms with Gasteiger partial charge in [0, 0.05) is 26.6 Å². The lowest BCUT2D eigenvalue weighted by Gasteiger charge is -2.20. The van der Waals surface area contributed by atoms with Crippen LogP contribution in [0.4, 0.5) is 0 Å². The highest BCUT2D eigenvalue weighted by Crippen LogP contribution is 2.07. The molecule has 0 unspecified atom stereocenters. The quantitative estimate of drug-likeness (QED) is 0.755. The van der Waals surface area contributed by atoms with Gasteiger partial charge in [0.1, 0.15) is 5.75 Å². The minimum absolute atomic E-state index is 0.0148. The van der Waals surface area contributed by atoms with E-state index in [1.54, 1.807) is 24.0 Å². The van der Waals surface area contributed by atoms with E-state index < -0.39 is 0 Å². The highest BCUT2D eigenvalue weighted by Gasteiger charge is 2.08. The van der Waals surface area contributed by atoms with Crippen molar-refractivity contribution in [2.75, 3.05) is 26.2 Å². The standard InChI is InChI=1S/C16H24N2O3/c1-3-4-11-18(14(2)19)12-10-17-16(20)13-21-15-8-6-5-7-9-15/h5-9H,3-4,10-13H2,1-2H3,(H,17,20). The molecule has 1 aromatic carbocycles. The predicted molar refractivity (Wildman–Crippen MR) is 82.1 cm³/mol. The number of benzene rings is 1. The Morgan fingerprint density at radius 3 is 2.52 bits per heavy atom. The van der Waals surface area contributed by atoms with Gasteiger partial charge in [-0.15, -0.1) is 0 Å². The number of ether oxygens (including phenoxy) is 1. The molecule has 0 saturated carbocycles. The Bertz CT molecular complexity index is 434. The molecule has 0 spiro atoms. The Labute approximate surface area is 126 Å². The van der Waals surface area contributed by atoms with Gasteiger partial charge in [-0.3, -0.25) is 9.59 Å². The summed E-state index contributed by atoms with van der Waals surface area (Å²) in [5.41, 5.74) is 0. The average molecular weight is 292 g/mol. The number of unbranched alkanes of at least 4 members (excludes halogenated alkanes) is 1. The number of carbonyl (C=O) groups is 2. The van der Waals surface area contributed by atoms with Gasteiger partial charge in [0.15, 0.2) is 6.61 Å². The van der Waals surface area contributed by atoms with Crippen molar-refractivity contribution in [1.82, 2.24) is 10.2 Å². The van der Waals surface area contributed by atoms with E-state index in [4.69, 9.17) is 4.74 Å². The molecule has 0 radical (unpaired) electrons. The monoisotopic (exact) mass is 292 g/mol. The molecule has 0 aromatic heterocycles. The Morgan fingerprint density at radius 1 is 1.19 bits per heavy atom. The van der Waals surface area contributed by atoms with E-state index in [0.29, 0.717) is 18.8 Å². The van der Waals surface area contributed by atoms with Crippen LogP contribution in [0.25, 0.3) is 0 Å². The molecule has 21 heavy (non-hydrogen) atoms. The van der Waals surface area contributed by atoms with E-state index in [0.717, 1.165) is 19.4 Å². The molecule has 5 heteroatoms. The molecule has 0 bridgehead atoms. The summed E-state index contributed by atoms with van der Waals surface area (Å²) in [6.45, 7) is 5.34. The Balaban J connectivity index is 2.21. The number of hydrogen-bond acceptors (Lipinski definition) is 3. The Kier molecular flexibility index (Phi) is 7.94. The van der Waals surface area contributed by atoms with Gasteiger partial charge >= 0.3 is 0 Å². The van der Waals surface area contributed by atoms with Crippen LogP contribution >= 0.6 is 0 Å². The first-order valence-corrected chi connectivity index (χ1v) is 7.33. The summed E-state index contributed by atoms with van der Waals surface area (Å²) in [7, 11) is 0. The molecule has 0 fully saturated rings. The van der Waals surface area contributed by atoms with Crippen LogP contribution in [0, 0.1) is 0 Å². The lowest BCUT2D eigenvalue weighted by Crippen LogP contribution is -2.39. The molecule has 0 saturated heterocycles. The predicted octanol–water partition coefficient (Wildman–Crippen LogP) is 1.83. The van der Waals surface area contributed by atoms with Gasteiger partial charge < -0.3 is 15.0 Å². The molecule has 1 rings (SSSR count). The van der Waals surface area contributed by atoms with Crippen LogP contribution in [0.5, 0.6) is 5.75 Å². The van der Waals surface area contributed by atoms with Crippen LogP contribution in [0.15, 0.2) is 30.3 Å². The summed E-state index contributed by atoms with van der Waals surface area (Å²) < 4.78 is 5.35. The number of nitrogens with one attached hydrogen (secondary N) is 1. The van der Waals surface area contributed by atoms with E-state index in [9.17, 15) is 9.59 Å². The first kappa shape index (κ1) is 17.0. The summed E-state index contributed by atoms with van der Waals surface area (Å²) in [5.74, 6) is 0.525. The second kappa shape index (κ2) is 9.80. The maximum absolute atomic E-state index is 11.6. The van der Waals surface area contributed by atoms with Crippen LogP contribution < -0.4 is 10.1 Å². The van der Waals surface area contributed by atoms with Gasteiger partial charge in [0.2, 0.25) is 5.91 Å². The van der Waals surface area contributed by atoms with Crippen molar-refractivity contribution < 1.29 is 14.3 Å². The minimum Gasteiger partial charge on any atom is -0.484 e. The minimum atomic E-state index is -0.183. The summed E-state index contributed by atoms with van der Waals surface area (Å²) in [6.07, 6.45) is 2.02. The summed E-state index contributed by atoms with van der Waals surface area (Å²) >= 11 is 0. The van der Waals surface area contributed by atoms with Crippen LogP contribution in [-0.2, 0) is 9.59 Å².